The Hall–Kier alpha value is -1.69. The van der Waals surface area contributed by atoms with Crippen molar-refractivity contribution >= 4 is 33.9 Å². The van der Waals surface area contributed by atoms with Crippen LogP contribution in [-0.4, -0.2) is 24.5 Å². The third kappa shape index (κ3) is 6.39. The van der Waals surface area contributed by atoms with Gasteiger partial charge in [-0.15, -0.1) is 0 Å². The van der Waals surface area contributed by atoms with Crippen LogP contribution in [-0.2, 0) is 14.3 Å². The number of carbonyl (C=O) groups excluding carboxylic acids is 2. The van der Waals surface area contributed by atoms with Crippen molar-refractivity contribution in [2.24, 2.45) is 5.92 Å². The fourth-order valence-electron chi connectivity index (χ4n) is 1.45. The minimum absolute atomic E-state index is 0.00231. The largest absolute Gasteiger partial charge is 0.452 e. The minimum Gasteiger partial charge on any atom is -0.452 e. The van der Waals surface area contributed by atoms with Gasteiger partial charge in [0.25, 0.3) is 5.91 Å². The SMILES string of the molecule is CC(C)[C@H](C)NC(=O)COC(=O)/C=C/c1cc(Br)ccc1F. The van der Waals surface area contributed by atoms with Crippen LogP contribution in [0, 0.1) is 11.7 Å². The lowest BCUT2D eigenvalue weighted by Crippen LogP contribution is -2.38. The molecule has 1 amide bonds. The second kappa shape index (κ2) is 8.68. The molecule has 1 N–H and O–H groups in total. The van der Waals surface area contributed by atoms with E-state index in [1.54, 1.807) is 6.07 Å². The van der Waals surface area contributed by atoms with Crippen molar-refractivity contribution in [1.82, 2.24) is 5.32 Å². The van der Waals surface area contributed by atoms with Gasteiger partial charge in [-0.25, -0.2) is 9.18 Å². The van der Waals surface area contributed by atoms with Gasteiger partial charge >= 0.3 is 5.97 Å². The van der Waals surface area contributed by atoms with Crippen molar-refractivity contribution in [2.75, 3.05) is 6.61 Å². The van der Waals surface area contributed by atoms with Crippen LogP contribution in [0.5, 0.6) is 0 Å². The van der Waals surface area contributed by atoms with E-state index in [-0.39, 0.29) is 24.1 Å². The highest BCUT2D eigenvalue weighted by atomic mass is 79.9. The molecule has 0 fully saturated rings. The Morgan fingerprint density at radius 2 is 2.05 bits per heavy atom. The summed E-state index contributed by atoms with van der Waals surface area (Å²) in [6, 6.07) is 4.38. The van der Waals surface area contributed by atoms with Gasteiger partial charge in [0.05, 0.1) is 0 Å². The van der Waals surface area contributed by atoms with Gasteiger partial charge in [0.1, 0.15) is 5.82 Å². The number of amides is 1. The van der Waals surface area contributed by atoms with E-state index in [1.165, 1.54) is 18.2 Å². The lowest BCUT2D eigenvalue weighted by atomic mass is 10.1. The number of carbonyl (C=O) groups is 2. The molecule has 4 nitrogen and oxygen atoms in total. The number of halogens is 2. The van der Waals surface area contributed by atoms with Gasteiger partial charge in [-0.3, -0.25) is 4.79 Å². The van der Waals surface area contributed by atoms with Gasteiger partial charge in [-0.2, -0.15) is 0 Å². The Kier molecular flexibility index (Phi) is 7.24. The fraction of sp³-hybridized carbons (Fsp3) is 0.375. The molecule has 1 aromatic rings. The molecule has 1 aromatic carbocycles. The molecule has 0 aliphatic carbocycles. The maximum atomic E-state index is 13.5. The van der Waals surface area contributed by atoms with Crippen LogP contribution in [0.25, 0.3) is 6.08 Å². The van der Waals surface area contributed by atoms with E-state index in [4.69, 9.17) is 4.74 Å². The molecule has 0 aliphatic rings. The van der Waals surface area contributed by atoms with Crippen LogP contribution >= 0.6 is 15.9 Å². The third-order valence-corrected chi connectivity index (χ3v) is 3.58. The summed E-state index contributed by atoms with van der Waals surface area (Å²) in [6.07, 6.45) is 2.39. The highest BCUT2D eigenvalue weighted by molar-refractivity contribution is 9.10. The van der Waals surface area contributed by atoms with E-state index in [9.17, 15) is 14.0 Å². The first-order chi connectivity index (χ1) is 10.3. The monoisotopic (exact) mass is 371 g/mol. The van der Waals surface area contributed by atoms with Crippen LogP contribution in [0.2, 0.25) is 0 Å². The van der Waals surface area contributed by atoms with Crippen molar-refractivity contribution < 1.29 is 18.7 Å². The number of benzene rings is 1. The summed E-state index contributed by atoms with van der Waals surface area (Å²) in [5, 5.41) is 2.72. The van der Waals surface area contributed by atoms with Gasteiger partial charge in [-0.1, -0.05) is 29.8 Å². The van der Waals surface area contributed by atoms with E-state index in [0.717, 1.165) is 6.08 Å². The van der Waals surface area contributed by atoms with Crippen LogP contribution in [0.3, 0.4) is 0 Å². The van der Waals surface area contributed by atoms with E-state index in [2.05, 4.69) is 21.2 Å². The zero-order valence-corrected chi connectivity index (χ0v) is 14.3. The Balaban J connectivity index is 2.48. The number of nitrogens with one attached hydrogen (secondary N) is 1. The number of esters is 1. The number of rotatable bonds is 6. The second-order valence-electron chi connectivity index (χ2n) is 5.21. The molecule has 120 valence electrons. The van der Waals surface area contributed by atoms with Crippen molar-refractivity contribution in [3.8, 4) is 0 Å². The number of ether oxygens (including phenoxy) is 1. The average molecular weight is 372 g/mol. The highest BCUT2D eigenvalue weighted by Gasteiger charge is 2.11. The van der Waals surface area contributed by atoms with Crippen LogP contribution in [0.1, 0.15) is 26.3 Å². The topological polar surface area (TPSA) is 55.4 Å². The number of hydrogen-bond acceptors (Lipinski definition) is 3. The van der Waals surface area contributed by atoms with Crippen LogP contribution in [0.4, 0.5) is 4.39 Å². The Bertz CT molecular complexity index is 573. The number of hydrogen-bond donors (Lipinski definition) is 1. The zero-order chi connectivity index (χ0) is 16.7. The normalized spacial score (nSPS) is 12.5. The molecule has 1 rings (SSSR count). The molecule has 0 saturated carbocycles. The van der Waals surface area contributed by atoms with Crippen LogP contribution < -0.4 is 5.32 Å². The molecule has 22 heavy (non-hydrogen) atoms. The van der Waals surface area contributed by atoms with Gasteiger partial charge < -0.3 is 10.1 Å². The summed E-state index contributed by atoms with van der Waals surface area (Å²) in [7, 11) is 0. The smallest absolute Gasteiger partial charge is 0.331 e. The Morgan fingerprint density at radius 1 is 1.36 bits per heavy atom. The Morgan fingerprint density at radius 3 is 2.68 bits per heavy atom. The van der Waals surface area contributed by atoms with Gasteiger partial charge in [-0.05, 0) is 37.1 Å². The third-order valence-electron chi connectivity index (χ3n) is 3.09. The van der Waals surface area contributed by atoms with E-state index >= 15 is 0 Å². The van der Waals surface area contributed by atoms with Gasteiger partial charge in [0, 0.05) is 22.2 Å². The van der Waals surface area contributed by atoms with Crippen molar-refractivity contribution in [1.29, 1.82) is 0 Å². The first-order valence-corrected chi connectivity index (χ1v) is 7.68. The lowest BCUT2D eigenvalue weighted by molar-refractivity contribution is -0.144. The summed E-state index contributed by atoms with van der Waals surface area (Å²) in [5.41, 5.74) is 0.254. The molecule has 0 aliphatic heterocycles. The van der Waals surface area contributed by atoms with Crippen molar-refractivity contribution in [3.05, 3.63) is 40.1 Å². The quantitative estimate of drug-likeness (QED) is 0.616. The summed E-state index contributed by atoms with van der Waals surface area (Å²) in [6.45, 7) is 5.47. The first-order valence-electron chi connectivity index (χ1n) is 6.89. The summed E-state index contributed by atoms with van der Waals surface area (Å²) in [5.74, 6) is -1.22. The lowest BCUT2D eigenvalue weighted by Gasteiger charge is -2.16. The van der Waals surface area contributed by atoms with E-state index in [0.29, 0.717) is 10.4 Å². The fourth-order valence-corrected chi connectivity index (χ4v) is 1.83. The zero-order valence-electron chi connectivity index (χ0n) is 12.7. The molecule has 0 aromatic heterocycles. The molecular formula is C16H19BrFNO3. The van der Waals surface area contributed by atoms with Gasteiger partial charge in [0.2, 0.25) is 0 Å². The van der Waals surface area contributed by atoms with Gasteiger partial charge in [0.15, 0.2) is 6.61 Å². The second-order valence-corrected chi connectivity index (χ2v) is 6.12. The summed E-state index contributed by atoms with van der Waals surface area (Å²) >= 11 is 3.22. The molecule has 0 heterocycles. The molecule has 0 unspecified atom stereocenters. The summed E-state index contributed by atoms with van der Waals surface area (Å²) in [4.78, 5) is 23.1. The standard InChI is InChI=1S/C16H19BrFNO3/c1-10(2)11(3)19-15(20)9-22-16(21)7-4-12-8-13(17)5-6-14(12)18/h4-8,10-11H,9H2,1-3H3,(H,19,20)/b7-4+/t11-/m0/s1. The minimum atomic E-state index is -0.702. The predicted molar refractivity (Wildman–Crippen MR) is 86.5 cm³/mol. The highest BCUT2D eigenvalue weighted by Crippen LogP contribution is 2.16. The average Bonchev–Trinajstić information content (AvgIpc) is 2.45. The Labute approximate surface area is 137 Å². The molecule has 6 heteroatoms. The molecule has 0 bridgehead atoms. The molecular weight excluding hydrogens is 353 g/mol. The first kappa shape index (κ1) is 18.4. The molecule has 0 radical (unpaired) electrons. The van der Waals surface area contributed by atoms with Crippen molar-refractivity contribution in [3.63, 3.8) is 0 Å². The predicted octanol–water partition coefficient (Wildman–Crippen LogP) is 3.31. The van der Waals surface area contributed by atoms with E-state index < -0.39 is 11.8 Å². The summed E-state index contributed by atoms with van der Waals surface area (Å²) < 4.78 is 19.0. The molecule has 0 spiro atoms. The van der Waals surface area contributed by atoms with E-state index in [1.807, 2.05) is 20.8 Å². The maximum Gasteiger partial charge on any atom is 0.331 e. The van der Waals surface area contributed by atoms with Crippen LogP contribution in [0.15, 0.2) is 28.7 Å². The van der Waals surface area contributed by atoms with Crippen molar-refractivity contribution in [2.45, 2.75) is 26.8 Å². The molecule has 1 atom stereocenters. The maximum absolute atomic E-state index is 13.5. The molecule has 0 saturated heterocycles.